The van der Waals surface area contributed by atoms with Crippen LogP contribution in [-0.2, 0) is 28.9 Å². The maximum absolute atomic E-state index is 12.5. The van der Waals surface area contributed by atoms with Crippen molar-refractivity contribution in [2.75, 3.05) is 4.90 Å². The summed E-state index contributed by atoms with van der Waals surface area (Å²) in [7, 11) is 0. The SMILES string of the molecule is C=C(C)CC.C=CC(C)N1C(=O)Cc2cc3[nH]c4c(c3cc21)CCCc1c-4n[nH]c1C.NC=O. The van der Waals surface area contributed by atoms with Crippen LogP contribution in [0.5, 0.6) is 0 Å². The minimum absolute atomic E-state index is 0.000612. The van der Waals surface area contributed by atoms with Gasteiger partial charge in [-0.05, 0) is 69.7 Å². The molecule has 2 aliphatic rings. The van der Waals surface area contributed by atoms with Gasteiger partial charge >= 0.3 is 0 Å². The second-order valence-electron chi connectivity index (χ2n) is 8.90. The number of aryl methyl sites for hydroxylation is 2. The first-order valence-electron chi connectivity index (χ1n) is 11.7. The summed E-state index contributed by atoms with van der Waals surface area (Å²) in [5, 5.41) is 8.92. The molecule has 1 aliphatic heterocycles. The fraction of sp³-hybridized carbons (Fsp3) is 0.370. The number of nitrogens with zero attached hydrogens (tertiary/aromatic N) is 2. The van der Waals surface area contributed by atoms with Crippen molar-refractivity contribution >= 4 is 28.9 Å². The number of carbonyl (C=O) groups excluding carboxylic acids is 2. The van der Waals surface area contributed by atoms with Crippen LogP contribution in [0.4, 0.5) is 5.69 Å². The third-order valence-corrected chi connectivity index (χ3v) is 6.49. The number of carbonyl (C=O) groups is 2. The van der Waals surface area contributed by atoms with Gasteiger partial charge in [-0.25, -0.2) is 0 Å². The first-order chi connectivity index (χ1) is 16.3. The third-order valence-electron chi connectivity index (χ3n) is 6.49. The van der Waals surface area contributed by atoms with Crippen molar-refractivity contribution in [2.24, 2.45) is 5.73 Å². The number of aromatic nitrogens is 3. The van der Waals surface area contributed by atoms with Gasteiger partial charge in [0.1, 0.15) is 5.69 Å². The molecule has 3 heterocycles. The third kappa shape index (κ3) is 4.69. The summed E-state index contributed by atoms with van der Waals surface area (Å²) in [4.78, 5) is 26.6. The van der Waals surface area contributed by atoms with Gasteiger partial charge in [-0.1, -0.05) is 18.6 Å². The average Bonchev–Trinajstić information content (AvgIpc) is 3.41. The van der Waals surface area contributed by atoms with Crippen LogP contribution in [0.2, 0.25) is 0 Å². The van der Waals surface area contributed by atoms with Gasteiger partial charge < -0.3 is 15.6 Å². The standard InChI is InChI=1S/C21H22N4O.C5H10.CH3NO/c1-4-11(2)25-18-10-16-15-7-5-6-14-12(3)23-24-21(14)20(15)22-17(16)8-13(18)9-19(25)26;1-4-5(2)3;2-1-3/h4,8,10-11,22H,1,5-7,9H2,2-3H3,(H,23,24);2,4H2,1,3H3;1H,(H2,2,3). The number of H-pyrrole nitrogens is 2. The molecule has 5 rings (SSSR count). The van der Waals surface area contributed by atoms with E-state index in [2.05, 4.69) is 60.1 Å². The molecule has 0 radical (unpaired) electrons. The Labute approximate surface area is 201 Å². The van der Waals surface area contributed by atoms with Gasteiger partial charge in [0.05, 0.1) is 18.2 Å². The van der Waals surface area contributed by atoms with E-state index in [1.165, 1.54) is 22.1 Å². The van der Waals surface area contributed by atoms with Crippen molar-refractivity contribution < 1.29 is 9.59 Å². The highest BCUT2D eigenvalue weighted by atomic mass is 16.2. The van der Waals surface area contributed by atoms with Crippen molar-refractivity contribution in [3.63, 3.8) is 0 Å². The number of primary amides is 1. The molecular formula is C27H35N5O2. The number of anilines is 1. The van der Waals surface area contributed by atoms with Crippen LogP contribution < -0.4 is 10.6 Å². The van der Waals surface area contributed by atoms with E-state index in [4.69, 9.17) is 4.79 Å². The summed E-state index contributed by atoms with van der Waals surface area (Å²) < 4.78 is 0. The van der Waals surface area contributed by atoms with Gasteiger partial charge in [-0.15, -0.1) is 13.2 Å². The molecule has 0 saturated heterocycles. The molecule has 2 aromatic heterocycles. The van der Waals surface area contributed by atoms with E-state index in [0.29, 0.717) is 6.42 Å². The molecule has 7 heteroatoms. The van der Waals surface area contributed by atoms with Crippen molar-refractivity contribution in [1.29, 1.82) is 0 Å². The van der Waals surface area contributed by atoms with Crippen molar-refractivity contribution in [1.82, 2.24) is 15.2 Å². The van der Waals surface area contributed by atoms with E-state index in [0.717, 1.165) is 59.5 Å². The lowest BCUT2D eigenvalue weighted by molar-refractivity contribution is -0.117. The minimum atomic E-state index is -0.000612. The maximum Gasteiger partial charge on any atom is 0.232 e. The van der Waals surface area contributed by atoms with E-state index in [1.54, 1.807) is 0 Å². The summed E-state index contributed by atoms with van der Waals surface area (Å²) in [5.41, 5.74) is 14.6. The summed E-state index contributed by atoms with van der Waals surface area (Å²) in [5.74, 6) is 0.149. The molecular weight excluding hydrogens is 426 g/mol. The Balaban J connectivity index is 0.000000356. The number of allylic oxidation sites excluding steroid dienone is 1. The maximum atomic E-state index is 12.5. The molecule has 0 saturated carbocycles. The van der Waals surface area contributed by atoms with E-state index >= 15 is 0 Å². The number of amides is 2. The van der Waals surface area contributed by atoms with Gasteiger partial charge in [0, 0.05) is 27.8 Å². The Kier molecular flexibility index (Phi) is 7.76. The van der Waals surface area contributed by atoms with Crippen LogP contribution in [0.1, 0.15) is 56.0 Å². The number of fused-ring (bicyclic) bond motifs is 6. The lowest BCUT2D eigenvalue weighted by Gasteiger charge is -2.22. The zero-order chi connectivity index (χ0) is 25.0. The number of hydrogen-bond donors (Lipinski definition) is 3. The molecule has 7 nitrogen and oxygen atoms in total. The smallest absolute Gasteiger partial charge is 0.232 e. The molecule has 1 atom stereocenters. The molecule has 1 aromatic carbocycles. The van der Waals surface area contributed by atoms with Gasteiger partial charge in [-0.2, -0.15) is 5.10 Å². The van der Waals surface area contributed by atoms with Gasteiger partial charge in [-0.3, -0.25) is 14.7 Å². The molecule has 34 heavy (non-hydrogen) atoms. The highest BCUT2D eigenvalue weighted by Crippen LogP contribution is 2.41. The van der Waals surface area contributed by atoms with Crippen LogP contribution in [0.3, 0.4) is 0 Å². The van der Waals surface area contributed by atoms with Crippen molar-refractivity contribution in [3.05, 3.63) is 59.3 Å². The van der Waals surface area contributed by atoms with Crippen LogP contribution in [0.15, 0.2) is 36.9 Å². The highest BCUT2D eigenvalue weighted by Gasteiger charge is 2.32. The summed E-state index contributed by atoms with van der Waals surface area (Å²) >= 11 is 0. The Morgan fingerprint density at radius 2 is 1.97 bits per heavy atom. The molecule has 180 valence electrons. The lowest BCUT2D eigenvalue weighted by Crippen LogP contribution is -2.34. The first-order valence-corrected chi connectivity index (χ1v) is 11.7. The normalized spacial score (nSPS) is 14.5. The summed E-state index contributed by atoms with van der Waals surface area (Å²) in [6.07, 6.45) is 6.82. The molecule has 2 amide bonds. The van der Waals surface area contributed by atoms with Crippen LogP contribution >= 0.6 is 0 Å². The lowest BCUT2D eigenvalue weighted by atomic mass is 10.0. The van der Waals surface area contributed by atoms with Crippen LogP contribution in [-0.4, -0.2) is 33.5 Å². The number of nitrogens with two attached hydrogens (primary N) is 1. The Hall–Kier alpha value is -3.61. The number of rotatable bonds is 3. The Bertz CT molecular complexity index is 1230. The van der Waals surface area contributed by atoms with Crippen LogP contribution in [0.25, 0.3) is 22.3 Å². The summed E-state index contributed by atoms with van der Waals surface area (Å²) in [6, 6.07) is 4.33. The van der Waals surface area contributed by atoms with E-state index in [-0.39, 0.29) is 18.4 Å². The predicted octanol–water partition coefficient (Wildman–Crippen LogP) is 4.89. The van der Waals surface area contributed by atoms with E-state index in [1.807, 2.05) is 24.8 Å². The highest BCUT2D eigenvalue weighted by molar-refractivity contribution is 6.06. The largest absolute Gasteiger partial charge is 0.372 e. The van der Waals surface area contributed by atoms with Gasteiger partial charge in [0.25, 0.3) is 0 Å². The summed E-state index contributed by atoms with van der Waals surface area (Å²) in [6.45, 7) is 15.8. The number of nitrogens with one attached hydrogen (secondary N) is 2. The second-order valence-corrected chi connectivity index (χ2v) is 8.90. The Morgan fingerprint density at radius 1 is 1.32 bits per heavy atom. The molecule has 3 aromatic rings. The quantitative estimate of drug-likeness (QED) is 0.382. The molecule has 0 spiro atoms. The van der Waals surface area contributed by atoms with Crippen LogP contribution in [0, 0.1) is 6.92 Å². The van der Waals surface area contributed by atoms with E-state index < -0.39 is 0 Å². The van der Waals surface area contributed by atoms with Gasteiger partial charge in [0.2, 0.25) is 12.3 Å². The van der Waals surface area contributed by atoms with Crippen molar-refractivity contribution in [2.45, 2.75) is 65.8 Å². The topological polar surface area (TPSA) is 108 Å². The van der Waals surface area contributed by atoms with E-state index in [9.17, 15) is 4.79 Å². The second kappa shape index (κ2) is 10.5. The minimum Gasteiger partial charge on any atom is -0.372 e. The monoisotopic (exact) mass is 461 g/mol. The number of benzene rings is 1. The first kappa shape index (κ1) is 25.0. The number of aromatic amines is 2. The van der Waals surface area contributed by atoms with Gasteiger partial charge in [0.15, 0.2) is 0 Å². The van der Waals surface area contributed by atoms with Crippen molar-refractivity contribution in [3.8, 4) is 11.4 Å². The zero-order valence-electron chi connectivity index (χ0n) is 20.6. The molecule has 1 unspecified atom stereocenters. The predicted molar refractivity (Wildman–Crippen MR) is 139 cm³/mol. The fourth-order valence-electron chi connectivity index (χ4n) is 4.50. The molecule has 0 fully saturated rings. The Morgan fingerprint density at radius 3 is 2.59 bits per heavy atom. The molecule has 1 aliphatic carbocycles. The molecule has 0 bridgehead atoms. The zero-order valence-corrected chi connectivity index (χ0v) is 20.6. The average molecular weight is 462 g/mol. The molecule has 4 N–H and O–H groups in total. The number of hydrogen-bond acceptors (Lipinski definition) is 3. The fourth-order valence-corrected chi connectivity index (χ4v) is 4.50.